The lowest BCUT2D eigenvalue weighted by Crippen LogP contribution is -2.48. The Morgan fingerprint density at radius 3 is 2.75 bits per heavy atom. The van der Waals surface area contributed by atoms with Crippen LogP contribution in [0, 0.1) is 5.82 Å². The van der Waals surface area contributed by atoms with Gasteiger partial charge >= 0.3 is 0 Å². The molecule has 2 saturated heterocycles. The maximum absolute atomic E-state index is 15.5. The third-order valence-electron chi connectivity index (χ3n) is 6.43. The summed E-state index contributed by atoms with van der Waals surface area (Å²) in [5.74, 6) is 0.218. The Kier molecular flexibility index (Phi) is 6.32. The fourth-order valence-corrected chi connectivity index (χ4v) is 5.04. The Labute approximate surface area is 212 Å². The van der Waals surface area contributed by atoms with Crippen LogP contribution < -0.4 is 10.1 Å². The summed E-state index contributed by atoms with van der Waals surface area (Å²) in [5, 5.41) is 24.6. The molecule has 4 heterocycles. The molecule has 3 aromatic rings. The smallest absolute Gasteiger partial charge is 0.223 e. The molecule has 4 atom stereocenters. The zero-order valence-corrected chi connectivity index (χ0v) is 21.4. The summed E-state index contributed by atoms with van der Waals surface area (Å²) in [6.45, 7) is 7.44. The third-order valence-corrected chi connectivity index (χ3v) is 6.71. The molecule has 2 aliphatic rings. The second kappa shape index (κ2) is 9.07. The topological polar surface area (TPSA) is 124 Å². The van der Waals surface area contributed by atoms with Crippen LogP contribution in [-0.4, -0.2) is 68.0 Å². The highest BCUT2D eigenvalue weighted by Gasteiger charge is 2.43. The van der Waals surface area contributed by atoms with Crippen LogP contribution in [-0.2, 0) is 15.1 Å². The van der Waals surface area contributed by atoms with E-state index in [1.165, 1.54) is 19.4 Å². The normalized spacial score (nSPS) is 24.1. The van der Waals surface area contributed by atoms with Crippen molar-refractivity contribution in [3.8, 4) is 17.0 Å². The van der Waals surface area contributed by atoms with Gasteiger partial charge in [0.2, 0.25) is 5.95 Å². The number of anilines is 1. The molecule has 1 aromatic carbocycles. The molecule has 2 fully saturated rings. The molecule has 194 valence electrons. The van der Waals surface area contributed by atoms with E-state index in [-0.39, 0.29) is 34.3 Å². The molecule has 2 bridgehead atoms. The van der Waals surface area contributed by atoms with Crippen molar-refractivity contribution < 1.29 is 28.8 Å². The van der Waals surface area contributed by atoms with Crippen molar-refractivity contribution >= 4 is 28.6 Å². The number of rotatable bonds is 6. The lowest BCUT2D eigenvalue weighted by Gasteiger charge is -2.32. The molecule has 0 spiro atoms. The van der Waals surface area contributed by atoms with Gasteiger partial charge in [0.05, 0.1) is 42.8 Å². The molecule has 0 radical (unpaired) electrons. The van der Waals surface area contributed by atoms with Crippen LogP contribution in [0.2, 0.25) is 5.02 Å². The SMILES string of the molecule is COc1c(-c2nc(N[C@@H]3C[C@H]4CO[C@H](O4)[C@H]3O)ncc2Cl)cc(F)c2nc(C(C)(C)O)n(C(C)C)c12. The van der Waals surface area contributed by atoms with Gasteiger partial charge in [-0.2, -0.15) is 0 Å². The third kappa shape index (κ3) is 4.18. The fourth-order valence-electron chi connectivity index (χ4n) is 4.84. The maximum Gasteiger partial charge on any atom is 0.223 e. The van der Waals surface area contributed by atoms with Gasteiger partial charge in [0.1, 0.15) is 28.6 Å². The Bertz CT molecular complexity index is 1310. The number of imidazole rings is 1. The highest BCUT2D eigenvalue weighted by atomic mass is 35.5. The fraction of sp³-hybridized carbons (Fsp3) is 0.542. The van der Waals surface area contributed by atoms with E-state index in [2.05, 4.69) is 20.3 Å². The van der Waals surface area contributed by atoms with Gasteiger partial charge in [-0.15, -0.1) is 0 Å². The molecule has 2 aliphatic heterocycles. The summed E-state index contributed by atoms with van der Waals surface area (Å²) >= 11 is 6.49. The number of nitrogens with one attached hydrogen (secondary N) is 1. The molecular weight excluding hydrogens is 493 g/mol. The molecule has 0 saturated carbocycles. The summed E-state index contributed by atoms with van der Waals surface area (Å²) in [7, 11) is 1.47. The second-order valence-corrected chi connectivity index (χ2v) is 10.3. The molecule has 12 heteroatoms. The minimum atomic E-state index is -1.32. The highest BCUT2D eigenvalue weighted by molar-refractivity contribution is 6.33. The predicted octanol–water partition coefficient (Wildman–Crippen LogP) is 3.39. The van der Waals surface area contributed by atoms with Gasteiger partial charge in [0.25, 0.3) is 0 Å². The summed E-state index contributed by atoms with van der Waals surface area (Å²) in [6.07, 6.45) is 0.185. The molecule has 2 aromatic heterocycles. The van der Waals surface area contributed by atoms with Crippen molar-refractivity contribution in [1.82, 2.24) is 19.5 Å². The van der Waals surface area contributed by atoms with Crippen molar-refractivity contribution in [2.24, 2.45) is 0 Å². The van der Waals surface area contributed by atoms with Crippen molar-refractivity contribution in [2.75, 3.05) is 19.0 Å². The van der Waals surface area contributed by atoms with E-state index in [1.54, 1.807) is 18.4 Å². The maximum atomic E-state index is 15.5. The first-order valence-electron chi connectivity index (χ1n) is 11.8. The van der Waals surface area contributed by atoms with E-state index >= 15 is 4.39 Å². The summed E-state index contributed by atoms with van der Waals surface area (Å²) in [5.41, 5.74) is -0.312. The van der Waals surface area contributed by atoms with Gasteiger partial charge in [-0.25, -0.2) is 19.3 Å². The van der Waals surface area contributed by atoms with E-state index in [1.807, 2.05) is 13.8 Å². The summed E-state index contributed by atoms with van der Waals surface area (Å²) in [4.78, 5) is 13.2. The van der Waals surface area contributed by atoms with Crippen LogP contribution in [0.15, 0.2) is 12.3 Å². The lowest BCUT2D eigenvalue weighted by molar-refractivity contribution is -0.156. The monoisotopic (exact) mass is 521 g/mol. The van der Waals surface area contributed by atoms with Gasteiger partial charge in [0, 0.05) is 11.6 Å². The second-order valence-electron chi connectivity index (χ2n) is 9.92. The molecule has 10 nitrogen and oxygen atoms in total. The number of aromatic nitrogens is 4. The Balaban J connectivity index is 1.63. The number of methoxy groups -OCH3 is 1. The highest BCUT2D eigenvalue weighted by Crippen LogP contribution is 2.43. The van der Waals surface area contributed by atoms with E-state index in [9.17, 15) is 10.2 Å². The first-order valence-corrected chi connectivity index (χ1v) is 12.1. The average Bonchev–Trinajstić information content (AvgIpc) is 3.41. The van der Waals surface area contributed by atoms with Gasteiger partial charge < -0.3 is 34.3 Å². The van der Waals surface area contributed by atoms with Crippen molar-refractivity contribution in [3.63, 3.8) is 0 Å². The number of aliphatic hydroxyl groups is 2. The summed E-state index contributed by atoms with van der Waals surface area (Å²) < 4.78 is 34.0. The standard InChI is InChI=1S/C24H29ClFN5O5/c1-10(2)31-18-17(29-22(31)24(3,4)33)14(26)7-12(20(18)34-5)16-13(25)8-27-23(30-16)28-15-6-11-9-35-21(36-11)19(15)32/h7-8,10-11,15,19,21,32-33H,6,9H2,1-5H3,(H,27,28,30)/t11-,15+,19-,21+/m0/s1. The lowest BCUT2D eigenvalue weighted by atomic mass is 10.0. The zero-order valence-electron chi connectivity index (χ0n) is 20.6. The van der Waals surface area contributed by atoms with Crippen molar-refractivity contribution in [1.29, 1.82) is 0 Å². The van der Waals surface area contributed by atoms with Gasteiger partial charge in [-0.1, -0.05) is 11.6 Å². The van der Waals surface area contributed by atoms with Crippen LogP contribution in [0.3, 0.4) is 0 Å². The molecule has 0 unspecified atom stereocenters. The van der Waals surface area contributed by atoms with Crippen LogP contribution >= 0.6 is 11.6 Å². The minimum Gasteiger partial charge on any atom is -0.494 e. The Morgan fingerprint density at radius 1 is 1.33 bits per heavy atom. The zero-order chi connectivity index (χ0) is 25.9. The van der Waals surface area contributed by atoms with Crippen LogP contribution in [0.5, 0.6) is 5.75 Å². The van der Waals surface area contributed by atoms with Gasteiger partial charge in [0.15, 0.2) is 17.9 Å². The number of hydrogen-bond acceptors (Lipinski definition) is 9. The average molecular weight is 522 g/mol. The van der Waals surface area contributed by atoms with Gasteiger partial charge in [-0.05, 0) is 40.2 Å². The number of nitrogens with zero attached hydrogens (tertiary/aromatic N) is 4. The number of fused-ring (bicyclic) bond motifs is 3. The quantitative estimate of drug-likeness (QED) is 0.447. The van der Waals surface area contributed by atoms with E-state index < -0.39 is 29.9 Å². The van der Waals surface area contributed by atoms with Crippen LogP contribution in [0.25, 0.3) is 22.3 Å². The van der Waals surface area contributed by atoms with E-state index in [4.69, 9.17) is 25.8 Å². The van der Waals surface area contributed by atoms with Crippen molar-refractivity contribution in [3.05, 3.63) is 28.9 Å². The molecule has 0 aliphatic carbocycles. The van der Waals surface area contributed by atoms with Gasteiger partial charge in [-0.3, -0.25) is 0 Å². The largest absolute Gasteiger partial charge is 0.494 e. The van der Waals surface area contributed by atoms with Crippen molar-refractivity contribution in [2.45, 2.75) is 70.3 Å². The molecule has 36 heavy (non-hydrogen) atoms. The number of aliphatic hydroxyl groups excluding tert-OH is 1. The van der Waals surface area contributed by atoms with E-state index in [0.29, 0.717) is 35.7 Å². The number of hydrogen-bond donors (Lipinski definition) is 3. The molecule has 0 amide bonds. The molecule has 5 rings (SSSR count). The molecular formula is C24H29ClFN5O5. The Hall–Kier alpha value is -2.57. The van der Waals surface area contributed by atoms with E-state index in [0.717, 1.165) is 0 Å². The minimum absolute atomic E-state index is 0.0748. The predicted molar refractivity (Wildman–Crippen MR) is 131 cm³/mol. The first kappa shape index (κ1) is 25.1. The number of halogens is 2. The Morgan fingerprint density at radius 2 is 2.08 bits per heavy atom. The number of benzene rings is 1. The van der Waals surface area contributed by atoms with Crippen LogP contribution in [0.4, 0.5) is 10.3 Å². The molecule has 3 N–H and O–H groups in total. The summed E-state index contributed by atoms with van der Waals surface area (Å²) in [6, 6.07) is 0.705. The first-order chi connectivity index (χ1) is 17.0. The number of ether oxygens (including phenoxy) is 3. The van der Waals surface area contributed by atoms with Crippen LogP contribution in [0.1, 0.15) is 46.0 Å².